The van der Waals surface area contributed by atoms with Gasteiger partial charge in [0, 0.05) is 44.1 Å². The molecule has 0 aliphatic carbocycles. The van der Waals surface area contributed by atoms with Crippen LogP contribution in [0.2, 0.25) is 0 Å². The molecule has 1 aromatic carbocycles. The average molecular weight is 266 g/mol. The van der Waals surface area contributed by atoms with Crippen molar-refractivity contribution < 1.29 is 4.92 Å². The lowest BCUT2D eigenvalue weighted by Crippen LogP contribution is -2.23. The molecule has 0 aliphatic rings. The highest BCUT2D eigenvalue weighted by molar-refractivity contribution is 5.64. The van der Waals surface area contributed by atoms with E-state index in [1.807, 2.05) is 32.1 Å². The molecule has 0 saturated heterocycles. The molecule has 0 aromatic heterocycles. The summed E-state index contributed by atoms with van der Waals surface area (Å²) < 4.78 is 0. The second-order valence-electron chi connectivity index (χ2n) is 4.82. The van der Waals surface area contributed by atoms with E-state index in [0.29, 0.717) is 0 Å². The van der Waals surface area contributed by atoms with Crippen LogP contribution in [-0.2, 0) is 0 Å². The predicted molar refractivity (Wildman–Crippen MR) is 79.1 cm³/mol. The number of anilines is 2. The molecular formula is C13H22N4O2. The largest absolute Gasteiger partial charge is 0.388 e. The second kappa shape index (κ2) is 6.94. The molecule has 0 amide bonds. The topological polar surface area (TPSA) is 61.6 Å². The number of hydrogen-bond acceptors (Lipinski definition) is 5. The van der Waals surface area contributed by atoms with Crippen LogP contribution in [0.5, 0.6) is 0 Å². The Bertz CT molecular complexity index is 435. The van der Waals surface area contributed by atoms with Gasteiger partial charge in [0.15, 0.2) is 0 Å². The SMILES string of the molecule is CNc1cc(N(C)CCCN(C)C)cc([N+](=O)[O-])c1. The zero-order valence-electron chi connectivity index (χ0n) is 12.0. The highest BCUT2D eigenvalue weighted by atomic mass is 16.6. The maximum Gasteiger partial charge on any atom is 0.273 e. The quantitative estimate of drug-likeness (QED) is 0.604. The summed E-state index contributed by atoms with van der Waals surface area (Å²) in [6.45, 7) is 1.86. The van der Waals surface area contributed by atoms with Crippen molar-refractivity contribution in [3.8, 4) is 0 Å². The summed E-state index contributed by atoms with van der Waals surface area (Å²) in [5, 5.41) is 13.9. The van der Waals surface area contributed by atoms with Crippen molar-refractivity contribution in [1.82, 2.24) is 4.90 Å². The first kappa shape index (κ1) is 15.2. The van der Waals surface area contributed by atoms with E-state index in [1.165, 1.54) is 6.07 Å². The van der Waals surface area contributed by atoms with Crippen LogP contribution in [-0.4, -0.2) is 51.1 Å². The lowest BCUT2D eigenvalue weighted by atomic mass is 10.2. The number of nitrogens with zero attached hydrogens (tertiary/aromatic N) is 3. The van der Waals surface area contributed by atoms with E-state index in [9.17, 15) is 10.1 Å². The summed E-state index contributed by atoms with van der Waals surface area (Å²) in [6.07, 6.45) is 1.01. The minimum atomic E-state index is -0.363. The van der Waals surface area contributed by atoms with Crippen molar-refractivity contribution in [3.05, 3.63) is 28.3 Å². The lowest BCUT2D eigenvalue weighted by Gasteiger charge is -2.21. The van der Waals surface area contributed by atoms with Crippen LogP contribution in [0.15, 0.2) is 18.2 Å². The molecule has 19 heavy (non-hydrogen) atoms. The molecule has 106 valence electrons. The van der Waals surface area contributed by atoms with Crippen molar-refractivity contribution in [2.75, 3.05) is 51.5 Å². The molecule has 0 saturated carbocycles. The molecular weight excluding hydrogens is 244 g/mol. The zero-order valence-corrected chi connectivity index (χ0v) is 12.0. The van der Waals surface area contributed by atoms with Crippen molar-refractivity contribution in [2.24, 2.45) is 0 Å². The Balaban J connectivity index is 2.80. The molecule has 1 aromatic rings. The minimum absolute atomic E-state index is 0.112. The predicted octanol–water partition coefficient (Wildman–Crippen LogP) is 2.02. The Morgan fingerprint density at radius 3 is 2.42 bits per heavy atom. The smallest absolute Gasteiger partial charge is 0.273 e. The van der Waals surface area contributed by atoms with E-state index in [1.54, 1.807) is 13.1 Å². The molecule has 6 nitrogen and oxygen atoms in total. The Labute approximate surface area is 114 Å². The summed E-state index contributed by atoms with van der Waals surface area (Å²) in [5.41, 5.74) is 1.72. The number of nitro benzene ring substituents is 1. The van der Waals surface area contributed by atoms with Gasteiger partial charge in [-0.1, -0.05) is 0 Å². The van der Waals surface area contributed by atoms with E-state index >= 15 is 0 Å². The Hall–Kier alpha value is -1.82. The number of benzene rings is 1. The Kier molecular flexibility index (Phi) is 5.57. The number of non-ortho nitro benzene ring substituents is 1. The lowest BCUT2D eigenvalue weighted by molar-refractivity contribution is -0.384. The third-order valence-electron chi connectivity index (χ3n) is 2.94. The Morgan fingerprint density at radius 2 is 1.89 bits per heavy atom. The first-order chi connectivity index (χ1) is 8.93. The number of hydrogen-bond donors (Lipinski definition) is 1. The first-order valence-electron chi connectivity index (χ1n) is 6.27. The molecule has 1 rings (SSSR count). The van der Waals surface area contributed by atoms with Crippen LogP contribution < -0.4 is 10.2 Å². The second-order valence-corrected chi connectivity index (χ2v) is 4.82. The van der Waals surface area contributed by atoms with Gasteiger partial charge in [-0.3, -0.25) is 10.1 Å². The summed E-state index contributed by atoms with van der Waals surface area (Å²) >= 11 is 0. The number of nitro groups is 1. The molecule has 0 atom stereocenters. The van der Waals surface area contributed by atoms with Gasteiger partial charge in [0.25, 0.3) is 5.69 Å². The van der Waals surface area contributed by atoms with Gasteiger partial charge in [0.2, 0.25) is 0 Å². The maximum atomic E-state index is 10.9. The molecule has 0 heterocycles. The van der Waals surface area contributed by atoms with Crippen LogP contribution >= 0.6 is 0 Å². The molecule has 0 unspecified atom stereocenters. The van der Waals surface area contributed by atoms with E-state index < -0.39 is 0 Å². The minimum Gasteiger partial charge on any atom is -0.388 e. The summed E-state index contributed by atoms with van der Waals surface area (Å²) in [6, 6.07) is 5.07. The fourth-order valence-electron chi connectivity index (χ4n) is 1.82. The van der Waals surface area contributed by atoms with Gasteiger partial charge in [-0.25, -0.2) is 0 Å². The molecule has 0 bridgehead atoms. The molecule has 6 heteroatoms. The summed E-state index contributed by atoms with van der Waals surface area (Å²) in [7, 11) is 7.78. The number of nitrogens with one attached hydrogen (secondary N) is 1. The third-order valence-corrected chi connectivity index (χ3v) is 2.94. The van der Waals surface area contributed by atoms with Gasteiger partial charge >= 0.3 is 0 Å². The van der Waals surface area contributed by atoms with Crippen molar-refractivity contribution in [3.63, 3.8) is 0 Å². The van der Waals surface area contributed by atoms with E-state index in [2.05, 4.69) is 10.2 Å². The molecule has 1 N–H and O–H groups in total. The molecule has 0 aliphatic heterocycles. The molecule has 0 spiro atoms. The van der Waals surface area contributed by atoms with Crippen molar-refractivity contribution in [2.45, 2.75) is 6.42 Å². The van der Waals surface area contributed by atoms with E-state index in [-0.39, 0.29) is 10.6 Å². The van der Waals surface area contributed by atoms with Crippen LogP contribution in [0, 0.1) is 10.1 Å². The summed E-state index contributed by atoms with van der Waals surface area (Å²) in [4.78, 5) is 14.7. The fraction of sp³-hybridized carbons (Fsp3) is 0.538. The highest BCUT2D eigenvalue weighted by Gasteiger charge is 2.11. The van der Waals surface area contributed by atoms with Gasteiger partial charge < -0.3 is 15.1 Å². The van der Waals surface area contributed by atoms with Crippen LogP contribution in [0.4, 0.5) is 17.1 Å². The van der Waals surface area contributed by atoms with Gasteiger partial charge in [0.1, 0.15) is 0 Å². The fourth-order valence-corrected chi connectivity index (χ4v) is 1.82. The van der Waals surface area contributed by atoms with Gasteiger partial charge in [-0.2, -0.15) is 0 Å². The standard InChI is InChI=1S/C13H22N4O2/c1-14-11-8-12(10-13(9-11)17(18)19)16(4)7-5-6-15(2)3/h8-10,14H,5-7H2,1-4H3. The van der Waals surface area contributed by atoms with Gasteiger partial charge in [0.05, 0.1) is 4.92 Å². The maximum absolute atomic E-state index is 10.9. The first-order valence-corrected chi connectivity index (χ1v) is 6.27. The molecule has 0 fully saturated rings. The van der Waals surface area contributed by atoms with Crippen molar-refractivity contribution >= 4 is 17.1 Å². The van der Waals surface area contributed by atoms with Crippen molar-refractivity contribution in [1.29, 1.82) is 0 Å². The van der Waals surface area contributed by atoms with E-state index in [0.717, 1.165) is 30.9 Å². The monoisotopic (exact) mass is 266 g/mol. The Morgan fingerprint density at radius 1 is 1.21 bits per heavy atom. The zero-order chi connectivity index (χ0) is 14.4. The van der Waals surface area contributed by atoms with Crippen LogP contribution in [0.3, 0.4) is 0 Å². The third kappa shape index (κ3) is 4.75. The van der Waals surface area contributed by atoms with Gasteiger partial charge in [-0.15, -0.1) is 0 Å². The average Bonchev–Trinajstić information content (AvgIpc) is 2.37. The summed E-state index contributed by atoms with van der Waals surface area (Å²) in [5.74, 6) is 0. The highest BCUT2D eigenvalue weighted by Crippen LogP contribution is 2.26. The van der Waals surface area contributed by atoms with Crippen LogP contribution in [0.1, 0.15) is 6.42 Å². The van der Waals surface area contributed by atoms with Gasteiger partial charge in [-0.05, 0) is 33.1 Å². The number of rotatable bonds is 7. The van der Waals surface area contributed by atoms with E-state index in [4.69, 9.17) is 0 Å². The van der Waals surface area contributed by atoms with Crippen LogP contribution in [0.25, 0.3) is 0 Å². The molecule has 0 radical (unpaired) electrons. The normalized spacial score (nSPS) is 10.6.